The molecule has 0 aromatic rings. The van der Waals surface area contributed by atoms with E-state index in [4.69, 9.17) is 0 Å². The van der Waals surface area contributed by atoms with Gasteiger partial charge in [0.1, 0.15) is 0 Å². The Morgan fingerprint density at radius 1 is 1.31 bits per heavy atom. The van der Waals surface area contributed by atoms with E-state index in [-0.39, 0.29) is 23.7 Å². The van der Waals surface area contributed by atoms with Crippen LogP contribution < -0.4 is 5.32 Å². The van der Waals surface area contributed by atoms with Gasteiger partial charge in [0, 0.05) is 5.92 Å². The maximum atomic E-state index is 11.4. The Morgan fingerprint density at radius 2 is 1.92 bits per heavy atom. The van der Waals surface area contributed by atoms with Crippen LogP contribution in [0.4, 0.5) is 0 Å². The molecule has 0 aromatic carbocycles. The van der Waals surface area contributed by atoms with Crippen LogP contribution >= 0.6 is 0 Å². The second-order valence-corrected chi connectivity index (χ2v) is 3.78. The maximum Gasteiger partial charge on any atom is 0.230 e. The molecule has 1 heterocycles. The normalized spacial score (nSPS) is 30.4. The molecule has 0 radical (unpaired) electrons. The average molecular weight is 183 g/mol. The molecule has 0 spiro atoms. The molecule has 1 saturated heterocycles. The summed E-state index contributed by atoms with van der Waals surface area (Å²) >= 11 is 0. The third-order valence-electron chi connectivity index (χ3n) is 3.02. The number of imide groups is 1. The first kappa shape index (κ1) is 10.2. The molecule has 0 aromatic heterocycles. The van der Waals surface area contributed by atoms with Crippen molar-refractivity contribution < 1.29 is 9.59 Å². The van der Waals surface area contributed by atoms with Crippen molar-refractivity contribution in [2.75, 3.05) is 0 Å². The molecule has 74 valence electrons. The minimum atomic E-state index is -0.0950. The predicted molar refractivity (Wildman–Crippen MR) is 49.9 cm³/mol. The van der Waals surface area contributed by atoms with Crippen molar-refractivity contribution in [1.82, 2.24) is 5.32 Å². The second kappa shape index (κ2) is 3.90. The number of amides is 2. The van der Waals surface area contributed by atoms with Gasteiger partial charge in [0.15, 0.2) is 0 Å². The first-order valence-corrected chi connectivity index (χ1v) is 4.96. The lowest BCUT2D eigenvalue weighted by atomic mass is 9.81. The molecule has 0 aliphatic carbocycles. The Bertz CT molecular complexity index is 225. The van der Waals surface area contributed by atoms with Gasteiger partial charge in [0.05, 0.1) is 5.92 Å². The van der Waals surface area contributed by atoms with E-state index in [9.17, 15) is 9.59 Å². The minimum absolute atomic E-state index is 0.0776. The largest absolute Gasteiger partial charge is 0.296 e. The molecule has 0 unspecified atom stereocenters. The monoisotopic (exact) mass is 183 g/mol. The van der Waals surface area contributed by atoms with Crippen molar-refractivity contribution in [2.24, 2.45) is 17.8 Å². The number of hydrogen-bond acceptors (Lipinski definition) is 2. The summed E-state index contributed by atoms with van der Waals surface area (Å²) in [6, 6.07) is 0. The molecule has 3 atom stereocenters. The quantitative estimate of drug-likeness (QED) is 0.671. The van der Waals surface area contributed by atoms with E-state index < -0.39 is 0 Å². The second-order valence-electron chi connectivity index (χ2n) is 3.78. The molecule has 0 bridgehead atoms. The molecule has 2 amide bonds. The third kappa shape index (κ3) is 1.74. The summed E-state index contributed by atoms with van der Waals surface area (Å²) in [7, 11) is 0. The Kier molecular flexibility index (Phi) is 3.07. The van der Waals surface area contributed by atoms with Gasteiger partial charge in [-0.05, 0) is 12.3 Å². The molecular formula is C10H17NO2. The highest BCUT2D eigenvalue weighted by atomic mass is 16.2. The number of carbonyl (C=O) groups is 2. The van der Waals surface area contributed by atoms with Gasteiger partial charge >= 0.3 is 0 Å². The first-order valence-electron chi connectivity index (χ1n) is 4.96. The van der Waals surface area contributed by atoms with Crippen LogP contribution in [0.2, 0.25) is 0 Å². The van der Waals surface area contributed by atoms with Crippen LogP contribution in [-0.2, 0) is 9.59 Å². The number of carbonyl (C=O) groups excluding carboxylic acids is 2. The van der Waals surface area contributed by atoms with E-state index in [1.807, 2.05) is 20.8 Å². The van der Waals surface area contributed by atoms with Gasteiger partial charge in [-0.25, -0.2) is 0 Å². The highest BCUT2D eigenvalue weighted by Gasteiger charge is 2.42. The minimum Gasteiger partial charge on any atom is -0.296 e. The summed E-state index contributed by atoms with van der Waals surface area (Å²) < 4.78 is 0. The molecule has 13 heavy (non-hydrogen) atoms. The third-order valence-corrected chi connectivity index (χ3v) is 3.02. The van der Waals surface area contributed by atoms with E-state index in [1.54, 1.807) is 0 Å². The van der Waals surface area contributed by atoms with Crippen LogP contribution in [0.5, 0.6) is 0 Å². The van der Waals surface area contributed by atoms with Crippen molar-refractivity contribution in [3.05, 3.63) is 0 Å². The SMILES string of the molecule is CC[C@@H](C)[C@H]1C(=O)NC(=O)[C@H]1CC. The van der Waals surface area contributed by atoms with E-state index in [0.717, 1.165) is 12.8 Å². The van der Waals surface area contributed by atoms with Crippen molar-refractivity contribution >= 4 is 11.8 Å². The van der Waals surface area contributed by atoms with Crippen LogP contribution in [0.25, 0.3) is 0 Å². The molecular weight excluding hydrogens is 166 g/mol. The summed E-state index contributed by atoms with van der Waals surface area (Å²) in [5.74, 6) is -0.0506. The van der Waals surface area contributed by atoms with E-state index in [2.05, 4.69) is 5.32 Å². The number of rotatable bonds is 3. The molecule has 1 fully saturated rings. The molecule has 3 heteroatoms. The molecule has 1 aliphatic rings. The lowest BCUT2D eigenvalue weighted by molar-refractivity contribution is -0.126. The maximum absolute atomic E-state index is 11.4. The Morgan fingerprint density at radius 3 is 2.38 bits per heavy atom. The zero-order chi connectivity index (χ0) is 10.0. The van der Waals surface area contributed by atoms with Crippen molar-refractivity contribution in [3.63, 3.8) is 0 Å². The fourth-order valence-corrected chi connectivity index (χ4v) is 1.99. The number of nitrogens with one attached hydrogen (secondary N) is 1. The molecule has 1 N–H and O–H groups in total. The standard InChI is InChI=1S/C10H17NO2/c1-4-6(3)8-7(5-2)9(12)11-10(8)13/h6-8H,4-5H2,1-3H3,(H,11,12,13)/t6-,7+,8-/m1/s1. The van der Waals surface area contributed by atoms with Crippen LogP contribution in [0.3, 0.4) is 0 Å². The Balaban J connectivity index is 2.80. The van der Waals surface area contributed by atoms with E-state index >= 15 is 0 Å². The topological polar surface area (TPSA) is 46.2 Å². The van der Waals surface area contributed by atoms with E-state index in [1.165, 1.54) is 0 Å². The Labute approximate surface area is 78.9 Å². The van der Waals surface area contributed by atoms with Gasteiger partial charge in [-0.15, -0.1) is 0 Å². The average Bonchev–Trinajstić information content (AvgIpc) is 2.39. The molecule has 1 aliphatic heterocycles. The van der Waals surface area contributed by atoms with Crippen LogP contribution in [0.15, 0.2) is 0 Å². The van der Waals surface area contributed by atoms with Gasteiger partial charge in [0.25, 0.3) is 0 Å². The summed E-state index contributed by atoms with van der Waals surface area (Å²) in [4.78, 5) is 22.7. The smallest absolute Gasteiger partial charge is 0.230 e. The molecule has 0 saturated carbocycles. The summed E-state index contributed by atoms with van der Waals surface area (Å²) in [6.07, 6.45) is 1.70. The van der Waals surface area contributed by atoms with Gasteiger partial charge in [-0.3, -0.25) is 14.9 Å². The highest BCUT2D eigenvalue weighted by Crippen LogP contribution is 2.30. The summed E-state index contributed by atoms with van der Waals surface area (Å²) in [5, 5.41) is 2.41. The Hall–Kier alpha value is -0.860. The van der Waals surface area contributed by atoms with Crippen LogP contribution in [0.1, 0.15) is 33.6 Å². The van der Waals surface area contributed by atoms with E-state index in [0.29, 0.717) is 5.92 Å². The van der Waals surface area contributed by atoms with Gasteiger partial charge < -0.3 is 0 Å². The first-order chi connectivity index (χ1) is 6.11. The zero-order valence-electron chi connectivity index (χ0n) is 8.46. The lowest BCUT2D eigenvalue weighted by Crippen LogP contribution is -2.25. The van der Waals surface area contributed by atoms with Crippen LogP contribution in [-0.4, -0.2) is 11.8 Å². The zero-order valence-corrected chi connectivity index (χ0v) is 8.46. The number of hydrogen-bond donors (Lipinski definition) is 1. The summed E-state index contributed by atoms with van der Waals surface area (Å²) in [5.41, 5.74) is 0. The predicted octanol–water partition coefficient (Wildman–Crippen LogP) is 1.33. The van der Waals surface area contributed by atoms with Crippen molar-refractivity contribution in [2.45, 2.75) is 33.6 Å². The fourth-order valence-electron chi connectivity index (χ4n) is 1.99. The van der Waals surface area contributed by atoms with Crippen molar-refractivity contribution in [3.8, 4) is 0 Å². The van der Waals surface area contributed by atoms with Gasteiger partial charge in [-0.1, -0.05) is 27.2 Å². The lowest BCUT2D eigenvalue weighted by Gasteiger charge is -2.19. The fraction of sp³-hybridized carbons (Fsp3) is 0.800. The van der Waals surface area contributed by atoms with Gasteiger partial charge in [-0.2, -0.15) is 0 Å². The van der Waals surface area contributed by atoms with Gasteiger partial charge in [0.2, 0.25) is 11.8 Å². The molecule has 1 rings (SSSR count). The van der Waals surface area contributed by atoms with Crippen LogP contribution in [0, 0.1) is 17.8 Å². The highest BCUT2D eigenvalue weighted by molar-refractivity contribution is 6.05. The molecule has 3 nitrogen and oxygen atoms in total. The summed E-state index contributed by atoms with van der Waals surface area (Å²) in [6.45, 7) is 6.04. The van der Waals surface area contributed by atoms with Crippen molar-refractivity contribution in [1.29, 1.82) is 0 Å².